The van der Waals surface area contributed by atoms with E-state index in [0.717, 1.165) is 0 Å². The molecule has 0 aliphatic heterocycles. The molecule has 1 aromatic rings. The molecule has 1 rings (SSSR count). The number of nitrogens with zero attached hydrogens (tertiary/aromatic N) is 1. The van der Waals surface area contributed by atoms with Gasteiger partial charge in [0.1, 0.15) is 0 Å². The van der Waals surface area contributed by atoms with Crippen molar-refractivity contribution in [3.63, 3.8) is 0 Å². The molecule has 0 spiro atoms. The topological polar surface area (TPSA) is 57.7 Å². The van der Waals surface area contributed by atoms with Crippen LogP contribution in [-0.2, 0) is 14.3 Å². The molecular weight excluding hydrogens is 254 g/mol. The van der Waals surface area contributed by atoms with Gasteiger partial charge < -0.3 is 14.2 Å². The van der Waals surface area contributed by atoms with Crippen molar-refractivity contribution in [2.75, 3.05) is 13.7 Å². The maximum atomic E-state index is 11.1. The lowest BCUT2D eigenvalue weighted by molar-refractivity contribution is -0.144. The minimum absolute atomic E-state index is 0.152. The Morgan fingerprint density at radius 2 is 2.28 bits per heavy atom. The van der Waals surface area contributed by atoms with Gasteiger partial charge in [0.05, 0.1) is 19.3 Å². The van der Waals surface area contributed by atoms with Gasteiger partial charge in [0.15, 0.2) is 6.10 Å². The first-order valence-electron chi connectivity index (χ1n) is 5.42. The Morgan fingerprint density at radius 3 is 2.83 bits per heavy atom. The highest BCUT2D eigenvalue weighted by Gasteiger charge is 2.25. The number of ether oxygens (including phenoxy) is 3. The molecule has 0 amide bonds. The number of thiocarbonyl (C=S) groups is 1. The fourth-order valence-electron chi connectivity index (χ4n) is 1.37. The van der Waals surface area contributed by atoms with Crippen LogP contribution < -0.4 is 4.74 Å². The molecule has 0 saturated carbocycles. The van der Waals surface area contributed by atoms with E-state index in [9.17, 15) is 4.79 Å². The second-order valence-electron chi connectivity index (χ2n) is 3.34. The summed E-state index contributed by atoms with van der Waals surface area (Å²) in [4.78, 5) is 15.2. The Morgan fingerprint density at radius 1 is 1.56 bits per heavy atom. The summed E-state index contributed by atoms with van der Waals surface area (Å²) in [5, 5.41) is 0.152. The molecule has 0 aliphatic rings. The van der Waals surface area contributed by atoms with Crippen molar-refractivity contribution in [3.05, 3.63) is 23.9 Å². The Hall–Kier alpha value is -1.69. The number of pyridine rings is 1. The van der Waals surface area contributed by atoms with Crippen LogP contribution in [0.1, 0.15) is 25.5 Å². The monoisotopic (exact) mass is 269 g/mol. The van der Waals surface area contributed by atoms with Crippen LogP contribution in [0.25, 0.3) is 0 Å². The van der Waals surface area contributed by atoms with Crippen molar-refractivity contribution in [1.82, 2.24) is 4.98 Å². The maximum Gasteiger partial charge on any atom is 0.303 e. The average molecular weight is 269 g/mol. The van der Waals surface area contributed by atoms with E-state index < -0.39 is 12.1 Å². The summed E-state index contributed by atoms with van der Waals surface area (Å²) in [5.41, 5.74) is 0.571. The number of hydrogen-bond donors (Lipinski definition) is 0. The number of hydrogen-bond acceptors (Lipinski definition) is 6. The van der Waals surface area contributed by atoms with Crippen molar-refractivity contribution in [1.29, 1.82) is 0 Å². The molecular formula is C12H15NO4S. The minimum Gasteiger partial charge on any atom is -0.487 e. The van der Waals surface area contributed by atoms with Crippen LogP contribution in [0.5, 0.6) is 5.88 Å². The largest absolute Gasteiger partial charge is 0.487 e. The predicted octanol–water partition coefficient (Wildman–Crippen LogP) is 2.06. The molecule has 0 saturated heterocycles. The SMILES string of the molecule is CCOc1ncccc1C(OC(C)=O)C(=S)OC. The third kappa shape index (κ3) is 3.66. The molecule has 0 aromatic carbocycles. The van der Waals surface area contributed by atoms with Crippen molar-refractivity contribution in [2.24, 2.45) is 0 Å². The molecule has 1 heterocycles. The fourth-order valence-corrected chi connectivity index (χ4v) is 1.55. The van der Waals surface area contributed by atoms with E-state index in [4.69, 9.17) is 26.4 Å². The summed E-state index contributed by atoms with van der Waals surface area (Å²) in [6.45, 7) is 3.60. The quantitative estimate of drug-likeness (QED) is 0.602. The lowest BCUT2D eigenvalue weighted by atomic mass is 10.1. The first-order chi connectivity index (χ1) is 8.60. The summed E-state index contributed by atoms with van der Waals surface area (Å²) >= 11 is 5.04. The Kier molecular flexibility index (Phi) is 5.51. The van der Waals surface area contributed by atoms with Crippen LogP contribution in [0.15, 0.2) is 18.3 Å². The van der Waals surface area contributed by atoms with Crippen molar-refractivity contribution < 1.29 is 19.0 Å². The maximum absolute atomic E-state index is 11.1. The third-order valence-corrected chi connectivity index (χ3v) is 2.44. The number of esters is 1. The molecule has 0 fully saturated rings. The number of carbonyl (C=O) groups excluding carboxylic acids is 1. The van der Waals surface area contributed by atoms with Gasteiger partial charge in [-0.15, -0.1) is 0 Å². The highest BCUT2D eigenvalue weighted by atomic mass is 32.1. The third-order valence-electron chi connectivity index (χ3n) is 2.06. The summed E-state index contributed by atoms with van der Waals surface area (Å²) in [7, 11) is 1.43. The molecule has 6 heteroatoms. The van der Waals surface area contributed by atoms with Crippen LogP contribution in [0.2, 0.25) is 0 Å². The van der Waals surface area contributed by atoms with Gasteiger partial charge in [0, 0.05) is 13.1 Å². The normalized spacial score (nSPS) is 11.5. The highest BCUT2D eigenvalue weighted by molar-refractivity contribution is 7.80. The zero-order valence-corrected chi connectivity index (χ0v) is 11.3. The molecule has 98 valence electrons. The van der Waals surface area contributed by atoms with Gasteiger partial charge in [-0.05, 0) is 31.3 Å². The summed E-state index contributed by atoms with van der Waals surface area (Å²) in [5.74, 6) is -0.0728. The number of carbonyl (C=O) groups is 1. The molecule has 1 aromatic heterocycles. The molecule has 1 atom stereocenters. The molecule has 0 N–H and O–H groups in total. The number of aromatic nitrogens is 1. The van der Waals surface area contributed by atoms with Crippen LogP contribution >= 0.6 is 12.2 Å². The second kappa shape index (κ2) is 6.90. The molecule has 0 radical (unpaired) electrons. The molecule has 0 aliphatic carbocycles. The van der Waals surface area contributed by atoms with E-state index in [1.54, 1.807) is 18.3 Å². The van der Waals surface area contributed by atoms with Gasteiger partial charge in [0.25, 0.3) is 0 Å². The van der Waals surface area contributed by atoms with E-state index in [1.165, 1.54) is 14.0 Å². The Labute approximate surface area is 111 Å². The van der Waals surface area contributed by atoms with Crippen molar-refractivity contribution in [2.45, 2.75) is 20.0 Å². The van der Waals surface area contributed by atoms with E-state index in [-0.39, 0.29) is 5.05 Å². The lowest BCUT2D eigenvalue weighted by Crippen LogP contribution is -2.19. The van der Waals surface area contributed by atoms with E-state index in [2.05, 4.69) is 4.98 Å². The van der Waals surface area contributed by atoms with Gasteiger partial charge in [-0.2, -0.15) is 0 Å². The van der Waals surface area contributed by atoms with Gasteiger partial charge in [-0.1, -0.05) is 0 Å². The van der Waals surface area contributed by atoms with Crippen LogP contribution in [0, 0.1) is 0 Å². The van der Waals surface area contributed by atoms with E-state index >= 15 is 0 Å². The second-order valence-corrected chi connectivity index (χ2v) is 3.75. The van der Waals surface area contributed by atoms with Crippen LogP contribution in [-0.4, -0.2) is 29.7 Å². The molecule has 18 heavy (non-hydrogen) atoms. The van der Waals surface area contributed by atoms with E-state index in [1.807, 2.05) is 6.92 Å². The van der Waals surface area contributed by atoms with Crippen molar-refractivity contribution >= 4 is 23.2 Å². The zero-order valence-electron chi connectivity index (χ0n) is 10.5. The summed E-state index contributed by atoms with van der Waals surface area (Å²) < 4.78 is 15.5. The predicted molar refractivity (Wildman–Crippen MR) is 69.5 cm³/mol. The standard InChI is InChI=1S/C12H15NO4S/c1-4-16-11-9(6-5-7-13-11)10(12(18)15-3)17-8(2)14/h5-7,10H,4H2,1-3H3. The zero-order chi connectivity index (χ0) is 13.5. The molecule has 1 unspecified atom stereocenters. The molecule has 5 nitrogen and oxygen atoms in total. The van der Waals surface area contributed by atoms with Crippen LogP contribution in [0.3, 0.4) is 0 Å². The first-order valence-corrected chi connectivity index (χ1v) is 5.83. The first kappa shape index (κ1) is 14.4. The smallest absolute Gasteiger partial charge is 0.303 e. The summed E-state index contributed by atoms with van der Waals surface area (Å²) in [6, 6.07) is 3.45. The average Bonchev–Trinajstić information content (AvgIpc) is 2.36. The van der Waals surface area contributed by atoms with Gasteiger partial charge in [0.2, 0.25) is 10.9 Å². The lowest BCUT2D eigenvalue weighted by Gasteiger charge is -2.19. The Bertz CT molecular complexity index is 436. The van der Waals surface area contributed by atoms with Gasteiger partial charge in [-0.25, -0.2) is 4.98 Å². The molecule has 0 bridgehead atoms. The minimum atomic E-state index is -0.794. The Balaban J connectivity index is 3.11. The number of methoxy groups -OCH3 is 1. The number of rotatable bonds is 5. The van der Waals surface area contributed by atoms with Crippen LogP contribution in [0.4, 0.5) is 0 Å². The highest BCUT2D eigenvalue weighted by Crippen LogP contribution is 2.27. The van der Waals surface area contributed by atoms with Gasteiger partial charge in [-0.3, -0.25) is 4.79 Å². The van der Waals surface area contributed by atoms with Crippen molar-refractivity contribution in [3.8, 4) is 5.88 Å². The fraction of sp³-hybridized carbons (Fsp3) is 0.417. The van der Waals surface area contributed by atoms with E-state index in [0.29, 0.717) is 18.1 Å². The van der Waals surface area contributed by atoms with Gasteiger partial charge >= 0.3 is 5.97 Å². The summed E-state index contributed by atoms with van der Waals surface area (Å²) in [6.07, 6.45) is 0.799.